The first-order chi connectivity index (χ1) is 17.6. The predicted octanol–water partition coefficient (Wildman–Crippen LogP) is 5.00. The van der Waals surface area contributed by atoms with Crippen molar-refractivity contribution in [3.05, 3.63) is 47.5 Å². The molecule has 10 heteroatoms. The van der Waals surface area contributed by atoms with E-state index in [9.17, 15) is 22.4 Å². The van der Waals surface area contributed by atoms with Crippen LogP contribution in [0.4, 0.5) is 23.5 Å². The molecule has 200 valence electrons. The van der Waals surface area contributed by atoms with Gasteiger partial charge in [-0.1, -0.05) is 6.07 Å². The predicted molar refractivity (Wildman–Crippen MR) is 130 cm³/mol. The molecular formula is C27H32F4N4O2. The minimum atomic E-state index is -4.49. The molecule has 0 radical (unpaired) electrons. The Kier molecular flexibility index (Phi) is 7.02. The molecule has 6 nitrogen and oxygen atoms in total. The summed E-state index contributed by atoms with van der Waals surface area (Å²) in [5.74, 6) is 1.69. The van der Waals surface area contributed by atoms with Crippen molar-refractivity contribution in [1.82, 2.24) is 15.3 Å². The summed E-state index contributed by atoms with van der Waals surface area (Å²) in [6.07, 6.45) is 2.84. The normalized spacial score (nSPS) is 23.0. The smallest absolute Gasteiger partial charge is 0.411 e. The molecule has 1 aliphatic heterocycles. The third kappa shape index (κ3) is 5.99. The number of piperidine rings is 1. The number of anilines is 1. The molecule has 1 amide bonds. The summed E-state index contributed by atoms with van der Waals surface area (Å²) in [5.41, 5.74) is -1.04. The van der Waals surface area contributed by atoms with Gasteiger partial charge in [-0.2, -0.15) is 13.2 Å². The fourth-order valence-corrected chi connectivity index (χ4v) is 5.43. The van der Waals surface area contributed by atoms with Crippen LogP contribution in [0.25, 0.3) is 0 Å². The van der Waals surface area contributed by atoms with Gasteiger partial charge in [0.2, 0.25) is 11.9 Å². The van der Waals surface area contributed by atoms with E-state index in [1.54, 1.807) is 6.07 Å². The van der Waals surface area contributed by atoms with Gasteiger partial charge in [-0.15, -0.1) is 0 Å². The zero-order valence-electron chi connectivity index (χ0n) is 20.9. The van der Waals surface area contributed by atoms with Crippen LogP contribution in [0, 0.1) is 30.5 Å². The molecule has 1 saturated heterocycles. The molecule has 37 heavy (non-hydrogen) atoms. The maximum atomic E-state index is 14.5. The number of benzene rings is 1. The molecule has 2 heterocycles. The molecule has 1 aromatic heterocycles. The highest BCUT2D eigenvalue weighted by Gasteiger charge is 2.64. The number of ether oxygens (including phenoxy) is 1. The Labute approximate surface area is 213 Å². The summed E-state index contributed by atoms with van der Waals surface area (Å²) < 4.78 is 59.3. The number of carbonyl (C=O) groups is 1. The lowest BCUT2D eigenvalue weighted by atomic mass is 9.90. The average molecular weight is 521 g/mol. The van der Waals surface area contributed by atoms with E-state index in [-0.39, 0.29) is 18.4 Å². The monoisotopic (exact) mass is 520 g/mol. The van der Waals surface area contributed by atoms with Crippen LogP contribution >= 0.6 is 0 Å². The van der Waals surface area contributed by atoms with Crippen LogP contribution < -0.4 is 15.0 Å². The van der Waals surface area contributed by atoms with Crippen LogP contribution in [-0.4, -0.2) is 47.3 Å². The number of rotatable bonds is 9. The first kappa shape index (κ1) is 25.7. The third-order valence-electron chi connectivity index (χ3n) is 7.98. The van der Waals surface area contributed by atoms with Crippen LogP contribution in [0.15, 0.2) is 30.6 Å². The summed E-state index contributed by atoms with van der Waals surface area (Å²) in [5, 5.41) is 2.02. The summed E-state index contributed by atoms with van der Waals surface area (Å²) in [4.78, 5) is 23.2. The summed E-state index contributed by atoms with van der Waals surface area (Å²) >= 11 is 0. The quantitative estimate of drug-likeness (QED) is 0.472. The maximum Gasteiger partial charge on any atom is 0.411 e. The Morgan fingerprint density at radius 1 is 1.19 bits per heavy atom. The standard InChI is InChI=1S/C27H32F4N4O2/c1-17-15-32-25(33-16-17)35-9-4-18(5-10-35)22-12-19(22)6-11-37-21-3-2-20(23(28)14-21)13-24(36)34-26(7-8-26)27(29,30)31/h2-3,14-16,18-19,22H,4-13H2,1H3,(H,34,36)/t19-,22-/m1/s1. The van der Waals surface area contributed by atoms with E-state index in [1.165, 1.54) is 18.6 Å². The van der Waals surface area contributed by atoms with Gasteiger partial charge in [0, 0.05) is 31.5 Å². The SMILES string of the molecule is Cc1cnc(N2CCC([C@H]3C[C@H]3CCOc3ccc(CC(=O)NC4(C(F)(F)F)CC4)c(F)c3)CC2)nc1. The second-order valence-corrected chi connectivity index (χ2v) is 10.7. The van der Waals surface area contributed by atoms with E-state index in [4.69, 9.17) is 4.74 Å². The van der Waals surface area contributed by atoms with Crippen molar-refractivity contribution in [2.45, 2.75) is 63.6 Å². The Balaban J connectivity index is 1.02. The number of hydrogen-bond acceptors (Lipinski definition) is 5. The number of nitrogens with one attached hydrogen (secondary N) is 1. The molecule has 1 N–H and O–H groups in total. The van der Waals surface area contributed by atoms with Crippen molar-refractivity contribution in [3.63, 3.8) is 0 Å². The molecule has 0 unspecified atom stereocenters. The Morgan fingerprint density at radius 3 is 2.51 bits per heavy atom. The average Bonchev–Trinajstić information content (AvgIpc) is 3.78. The van der Waals surface area contributed by atoms with Crippen molar-refractivity contribution < 1.29 is 27.1 Å². The second kappa shape index (κ2) is 10.1. The van der Waals surface area contributed by atoms with Gasteiger partial charge in [-0.25, -0.2) is 14.4 Å². The largest absolute Gasteiger partial charge is 0.493 e. The van der Waals surface area contributed by atoms with E-state index >= 15 is 0 Å². The van der Waals surface area contributed by atoms with E-state index < -0.39 is 29.9 Å². The Hall–Kier alpha value is -2.91. The first-order valence-corrected chi connectivity index (χ1v) is 13.0. The number of halogens is 4. The molecule has 5 rings (SSSR count). The van der Waals surface area contributed by atoms with Crippen LogP contribution in [0.2, 0.25) is 0 Å². The van der Waals surface area contributed by atoms with E-state index in [1.807, 2.05) is 24.6 Å². The summed E-state index contributed by atoms with van der Waals surface area (Å²) in [6, 6.07) is 4.17. The minimum Gasteiger partial charge on any atom is -0.493 e. The molecule has 3 aliphatic rings. The Morgan fingerprint density at radius 2 is 1.89 bits per heavy atom. The lowest BCUT2D eigenvalue weighted by Crippen LogP contribution is -2.48. The van der Waals surface area contributed by atoms with Crippen LogP contribution in [0.5, 0.6) is 5.75 Å². The van der Waals surface area contributed by atoms with Crippen LogP contribution in [0.1, 0.15) is 49.7 Å². The number of amides is 1. The third-order valence-corrected chi connectivity index (χ3v) is 7.98. The van der Waals surface area contributed by atoms with Gasteiger partial charge in [-0.3, -0.25) is 4.79 Å². The summed E-state index contributed by atoms with van der Waals surface area (Å²) in [7, 11) is 0. The van der Waals surface area contributed by atoms with E-state index in [0.29, 0.717) is 30.1 Å². The maximum absolute atomic E-state index is 14.5. The van der Waals surface area contributed by atoms with Crippen molar-refractivity contribution in [2.24, 2.45) is 17.8 Å². The van der Waals surface area contributed by atoms with Crippen molar-refractivity contribution >= 4 is 11.9 Å². The zero-order valence-corrected chi connectivity index (χ0v) is 20.9. The molecule has 1 aromatic carbocycles. The fraction of sp³-hybridized carbons (Fsp3) is 0.593. The van der Waals surface area contributed by atoms with Gasteiger partial charge in [-0.05, 0) is 80.4 Å². The number of nitrogens with zero attached hydrogens (tertiary/aromatic N) is 3. The Bertz CT molecular complexity index is 1110. The first-order valence-electron chi connectivity index (χ1n) is 13.0. The van der Waals surface area contributed by atoms with Crippen molar-refractivity contribution in [3.8, 4) is 5.75 Å². The molecular weight excluding hydrogens is 488 g/mol. The number of aromatic nitrogens is 2. The fourth-order valence-electron chi connectivity index (χ4n) is 5.43. The number of aryl methyl sites for hydroxylation is 1. The second-order valence-electron chi connectivity index (χ2n) is 10.7. The highest BCUT2D eigenvalue weighted by atomic mass is 19.4. The van der Waals surface area contributed by atoms with E-state index in [2.05, 4.69) is 14.9 Å². The molecule has 3 fully saturated rings. The topological polar surface area (TPSA) is 67.4 Å². The lowest BCUT2D eigenvalue weighted by Gasteiger charge is -2.32. The zero-order chi connectivity index (χ0) is 26.2. The van der Waals surface area contributed by atoms with Crippen LogP contribution in [-0.2, 0) is 11.2 Å². The van der Waals surface area contributed by atoms with Gasteiger partial charge in [0.25, 0.3) is 0 Å². The minimum absolute atomic E-state index is 0.0486. The number of carbonyl (C=O) groups excluding carboxylic acids is 1. The van der Waals surface area contributed by atoms with Gasteiger partial charge >= 0.3 is 6.18 Å². The molecule has 0 spiro atoms. The van der Waals surface area contributed by atoms with Crippen molar-refractivity contribution in [1.29, 1.82) is 0 Å². The molecule has 2 saturated carbocycles. The van der Waals surface area contributed by atoms with Crippen LogP contribution in [0.3, 0.4) is 0 Å². The molecule has 0 bridgehead atoms. The highest BCUT2D eigenvalue weighted by molar-refractivity contribution is 5.80. The van der Waals surface area contributed by atoms with Gasteiger partial charge in [0.1, 0.15) is 17.1 Å². The highest BCUT2D eigenvalue weighted by Crippen LogP contribution is 2.50. The molecule has 2 atom stereocenters. The summed E-state index contributed by atoms with van der Waals surface area (Å²) in [6.45, 7) is 4.39. The van der Waals surface area contributed by atoms with Crippen molar-refractivity contribution in [2.75, 3.05) is 24.6 Å². The molecule has 2 aromatic rings. The van der Waals surface area contributed by atoms with Gasteiger partial charge < -0.3 is 15.0 Å². The lowest BCUT2D eigenvalue weighted by molar-refractivity contribution is -0.170. The van der Waals surface area contributed by atoms with E-state index in [0.717, 1.165) is 43.9 Å². The van der Waals surface area contributed by atoms with Gasteiger partial charge in [0.05, 0.1) is 13.0 Å². The number of alkyl halides is 3. The van der Waals surface area contributed by atoms with Gasteiger partial charge in [0.15, 0.2) is 0 Å². The number of hydrogen-bond donors (Lipinski definition) is 1. The molecule has 2 aliphatic carbocycles.